The molecule has 30 heavy (non-hydrogen) atoms. The highest BCUT2D eigenvalue weighted by Gasteiger charge is 2.14. The van der Waals surface area contributed by atoms with Crippen LogP contribution in [-0.2, 0) is 4.79 Å². The fourth-order valence-electron chi connectivity index (χ4n) is 3.75. The van der Waals surface area contributed by atoms with Crippen LogP contribution in [0.1, 0.15) is 30.4 Å². The Morgan fingerprint density at radius 2 is 1.50 bits per heavy atom. The summed E-state index contributed by atoms with van der Waals surface area (Å²) in [5.74, 6) is -0.160. The number of carbonyl (C=O) groups excluding carboxylic acids is 1. The van der Waals surface area contributed by atoms with Gasteiger partial charge in [0.1, 0.15) is 0 Å². The summed E-state index contributed by atoms with van der Waals surface area (Å²) in [5, 5.41) is 3.66. The van der Waals surface area contributed by atoms with E-state index < -0.39 is 0 Å². The van der Waals surface area contributed by atoms with Crippen molar-refractivity contribution in [3.8, 4) is 0 Å². The molecule has 1 saturated heterocycles. The van der Waals surface area contributed by atoms with Crippen LogP contribution >= 0.6 is 11.6 Å². The van der Waals surface area contributed by atoms with E-state index in [4.69, 9.17) is 11.6 Å². The van der Waals surface area contributed by atoms with E-state index in [9.17, 15) is 4.79 Å². The summed E-state index contributed by atoms with van der Waals surface area (Å²) in [6, 6.07) is 25.3. The maximum Gasteiger partial charge on any atom is 0.256 e. The largest absolute Gasteiger partial charge is 0.372 e. The molecule has 0 saturated carbocycles. The number of nitrogens with one attached hydrogen (secondary N) is 1. The van der Waals surface area contributed by atoms with Gasteiger partial charge in [0.15, 0.2) is 0 Å². The normalized spacial score (nSPS) is 14.4. The third-order valence-electron chi connectivity index (χ3n) is 5.38. The molecule has 152 valence electrons. The van der Waals surface area contributed by atoms with Gasteiger partial charge in [-0.3, -0.25) is 4.79 Å². The van der Waals surface area contributed by atoms with E-state index >= 15 is 0 Å². The molecule has 1 aliphatic heterocycles. The van der Waals surface area contributed by atoms with E-state index in [0.717, 1.165) is 29.9 Å². The molecule has 1 fully saturated rings. The Morgan fingerprint density at radius 3 is 2.20 bits per heavy atom. The molecule has 0 aromatic heterocycles. The molecule has 1 heterocycles. The third-order valence-corrected chi connectivity index (χ3v) is 5.73. The molecule has 3 aromatic carbocycles. The Balaban J connectivity index is 1.57. The first-order valence-electron chi connectivity index (χ1n) is 10.4. The van der Waals surface area contributed by atoms with Crippen LogP contribution in [0.5, 0.6) is 0 Å². The van der Waals surface area contributed by atoms with Gasteiger partial charge in [-0.25, -0.2) is 0 Å². The number of piperidine rings is 1. The Labute approximate surface area is 183 Å². The summed E-state index contributed by atoms with van der Waals surface area (Å²) in [6.45, 7) is 2.20. The number of hydrogen-bond donors (Lipinski definition) is 1. The molecule has 0 aliphatic carbocycles. The molecule has 0 radical (unpaired) electrons. The maximum atomic E-state index is 13.2. The van der Waals surface area contributed by atoms with E-state index in [2.05, 4.69) is 22.3 Å². The van der Waals surface area contributed by atoms with Crippen molar-refractivity contribution in [1.29, 1.82) is 0 Å². The number of benzene rings is 3. The standard InChI is InChI=1S/C26H25ClN2O/c27-25-12-6-5-11-21(25)19-24(20-9-3-1-4-10-20)26(30)28-22-13-15-23(16-14-22)29-17-7-2-8-18-29/h1,3-6,9-16,19H,2,7-8,17-18H2,(H,28,30)/b24-19+. The van der Waals surface area contributed by atoms with Crippen molar-refractivity contribution in [1.82, 2.24) is 0 Å². The van der Waals surface area contributed by atoms with Gasteiger partial charge in [-0.05, 0) is 66.8 Å². The van der Waals surface area contributed by atoms with Gasteiger partial charge in [0.25, 0.3) is 5.91 Å². The molecule has 0 spiro atoms. The van der Waals surface area contributed by atoms with Crippen LogP contribution in [0.15, 0.2) is 78.9 Å². The van der Waals surface area contributed by atoms with Gasteiger partial charge < -0.3 is 10.2 Å². The van der Waals surface area contributed by atoms with E-state index in [1.54, 1.807) is 0 Å². The molecule has 4 rings (SSSR count). The fraction of sp³-hybridized carbons (Fsp3) is 0.192. The molecule has 3 nitrogen and oxygen atoms in total. The fourth-order valence-corrected chi connectivity index (χ4v) is 3.94. The molecule has 1 amide bonds. The Bertz CT molecular complexity index is 1020. The summed E-state index contributed by atoms with van der Waals surface area (Å²) < 4.78 is 0. The van der Waals surface area contributed by atoms with Gasteiger partial charge in [-0.2, -0.15) is 0 Å². The van der Waals surface area contributed by atoms with E-state index in [1.165, 1.54) is 24.9 Å². The number of amides is 1. The van der Waals surface area contributed by atoms with Crippen molar-refractivity contribution in [2.24, 2.45) is 0 Å². The summed E-state index contributed by atoms with van der Waals surface area (Å²) in [7, 11) is 0. The van der Waals surface area contributed by atoms with Crippen LogP contribution in [0.25, 0.3) is 11.6 Å². The van der Waals surface area contributed by atoms with E-state index in [1.807, 2.05) is 72.8 Å². The van der Waals surface area contributed by atoms with Gasteiger partial charge in [0, 0.05) is 35.1 Å². The third kappa shape index (κ3) is 4.92. The van der Waals surface area contributed by atoms with Crippen LogP contribution < -0.4 is 10.2 Å². The molecule has 0 bridgehead atoms. The average Bonchev–Trinajstić information content (AvgIpc) is 2.80. The molecule has 1 N–H and O–H groups in total. The van der Waals surface area contributed by atoms with Gasteiger partial charge in [0.05, 0.1) is 0 Å². The SMILES string of the molecule is O=C(Nc1ccc(N2CCCCC2)cc1)/C(=C/c1ccccc1Cl)c1ccccc1. The van der Waals surface area contributed by atoms with Crippen molar-refractivity contribution < 1.29 is 4.79 Å². The molecule has 4 heteroatoms. The predicted molar refractivity (Wildman–Crippen MR) is 127 cm³/mol. The lowest BCUT2D eigenvalue weighted by atomic mass is 10.0. The van der Waals surface area contributed by atoms with Crippen molar-refractivity contribution >= 4 is 40.5 Å². The number of nitrogens with zero attached hydrogens (tertiary/aromatic N) is 1. The zero-order valence-electron chi connectivity index (χ0n) is 16.9. The van der Waals surface area contributed by atoms with Crippen molar-refractivity contribution in [2.45, 2.75) is 19.3 Å². The van der Waals surface area contributed by atoms with Crippen LogP contribution in [0.3, 0.4) is 0 Å². The zero-order valence-corrected chi connectivity index (χ0v) is 17.6. The number of hydrogen-bond acceptors (Lipinski definition) is 2. The minimum atomic E-state index is -0.160. The number of carbonyl (C=O) groups is 1. The highest BCUT2D eigenvalue weighted by atomic mass is 35.5. The second-order valence-electron chi connectivity index (χ2n) is 7.49. The van der Waals surface area contributed by atoms with Gasteiger partial charge in [0.2, 0.25) is 0 Å². The topological polar surface area (TPSA) is 32.3 Å². The van der Waals surface area contributed by atoms with Crippen molar-refractivity contribution in [3.05, 3.63) is 95.0 Å². The second kappa shape index (κ2) is 9.64. The van der Waals surface area contributed by atoms with Crippen LogP contribution in [0, 0.1) is 0 Å². The molecule has 1 aliphatic rings. The minimum absolute atomic E-state index is 0.160. The summed E-state index contributed by atoms with van der Waals surface area (Å²) in [4.78, 5) is 15.6. The van der Waals surface area contributed by atoms with Gasteiger partial charge >= 0.3 is 0 Å². The smallest absolute Gasteiger partial charge is 0.256 e. The highest BCUT2D eigenvalue weighted by molar-refractivity contribution is 6.34. The Kier molecular flexibility index (Phi) is 6.50. The monoisotopic (exact) mass is 416 g/mol. The molecular weight excluding hydrogens is 392 g/mol. The first-order valence-corrected chi connectivity index (χ1v) is 10.8. The van der Waals surface area contributed by atoms with Gasteiger partial charge in [-0.15, -0.1) is 0 Å². The molecule has 0 atom stereocenters. The lowest BCUT2D eigenvalue weighted by Crippen LogP contribution is -2.29. The van der Waals surface area contributed by atoms with Crippen LogP contribution in [0.4, 0.5) is 11.4 Å². The zero-order chi connectivity index (χ0) is 20.8. The minimum Gasteiger partial charge on any atom is -0.372 e. The summed E-state index contributed by atoms with van der Waals surface area (Å²) >= 11 is 6.33. The van der Waals surface area contributed by atoms with Crippen molar-refractivity contribution in [2.75, 3.05) is 23.3 Å². The molecule has 3 aromatic rings. The second-order valence-corrected chi connectivity index (χ2v) is 7.90. The lowest BCUT2D eigenvalue weighted by Gasteiger charge is -2.28. The van der Waals surface area contributed by atoms with E-state index in [-0.39, 0.29) is 5.91 Å². The van der Waals surface area contributed by atoms with Gasteiger partial charge in [-0.1, -0.05) is 60.1 Å². The first kappa shape index (κ1) is 20.2. The average molecular weight is 417 g/mol. The number of halogens is 1. The molecule has 0 unspecified atom stereocenters. The number of rotatable bonds is 5. The van der Waals surface area contributed by atoms with Crippen LogP contribution in [0.2, 0.25) is 5.02 Å². The van der Waals surface area contributed by atoms with E-state index in [0.29, 0.717) is 10.6 Å². The molecular formula is C26H25ClN2O. The van der Waals surface area contributed by atoms with Crippen LogP contribution in [-0.4, -0.2) is 19.0 Å². The van der Waals surface area contributed by atoms with Crippen molar-refractivity contribution in [3.63, 3.8) is 0 Å². The predicted octanol–water partition coefficient (Wildman–Crippen LogP) is 6.51. The first-order chi connectivity index (χ1) is 14.7. The lowest BCUT2D eigenvalue weighted by molar-refractivity contribution is -0.111. The highest BCUT2D eigenvalue weighted by Crippen LogP contribution is 2.26. The summed E-state index contributed by atoms with van der Waals surface area (Å²) in [6.07, 6.45) is 5.64. The quantitative estimate of drug-likeness (QED) is 0.379. The number of anilines is 2. The summed E-state index contributed by atoms with van der Waals surface area (Å²) in [5.41, 5.74) is 4.22. The Morgan fingerprint density at radius 1 is 0.833 bits per heavy atom. The Hall–Kier alpha value is -3.04. The maximum absolute atomic E-state index is 13.2.